The molecule has 1 N–H and O–H groups in total. The number of hydrogen-bond acceptors (Lipinski definition) is 3. The molecular formula is C25H31N3O2. The van der Waals surface area contributed by atoms with E-state index >= 15 is 0 Å². The lowest BCUT2D eigenvalue weighted by Crippen LogP contribution is -2.37. The maximum absolute atomic E-state index is 12.7. The van der Waals surface area contributed by atoms with Crippen LogP contribution in [0.5, 0.6) is 0 Å². The molecule has 2 aliphatic heterocycles. The Hall–Kier alpha value is -2.82. The summed E-state index contributed by atoms with van der Waals surface area (Å²) in [6.45, 7) is 4.42. The van der Waals surface area contributed by atoms with Crippen molar-refractivity contribution in [3.8, 4) is 0 Å². The number of hydrogen-bond donors (Lipinski definition) is 1. The molecule has 0 aliphatic carbocycles. The lowest BCUT2D eigenvalue weighted by molar-refractivity contribution is -0.130. The maximum Gasteiger partial charge on any atom is 0.255 e. The number of anilines is 2. The second-order valence-electron chi connectivity index (χ2n) is 8.67. The van der Waals surface area contributed by atoms with Crippen LogP contribution in [0.25, 0.3) is 0 Å². The summed E-state index contributed by atoms with van der Waals surface area (Å²) in [5.74, 6) is 0.705. The molecular weight excluding hydrogens is 374 g/mol. The Labute approximate surface area is 179 Å². The van der Waals surface area contributed by atoms with Gasteiger partial charge in [0.05, 0.1) is 0 Å². The molecule has 0 spiro atoms. The van der Waals surface area contributed by atoms with Gasteiger partial charge in [-0.1, -0.05) is 18.2 Å². The van der Waals surface area contributed by atoms with Crippen LogP contribution in [0.3, 0.4) is 0 Å². The Bertz CT molecular complexity index is 914. The van der Waals surface area contributed by atoms with Crippen LogP contribution in [0.1, 0.15) is 47.7 Å². The summed E-state index contributed by atoms with van der Waals surface area (Å²) in [6, 6.07) is 14.2. The van der Waals surface area contributed by atoms with Gasteiger partial charge in [-0.15, -0.1) is 0 Å². The van der Waals surface area contributed by atoms with Crippen LogP contribution in [-0.2, 0) is 17.6 Å². The van der Waals surface area contributed by atoms with Gasteiger partial charge in [0.1, 0.15) is 0 Å². The van der Waals surface area contributed by atoms with E-state index in [1.54, 1.807) is 6.92 Å². The van der Waals surface area contributed by atoms with Crippen molar-refractivity contribution in [1.82, 2.24) is 4.90 Å². The molecule has 2 aliphatic rings. The summed E-state index contributed by atoms with van der Waals surface area (Å²) in [5.41, 5.74) is 5.33. The van der Waals surface area contributed by atoms with Gasteiger partial charge >= 0.3 is 0 Å². The summed E-state index contributed by atoms with van der Waals surface area (Å²) < 4.78 is 0. The third kappa shape index (κ3) is 4.66. The van der Waals surface area contributed by atoms with Gasteiger partial charge in [-0.05, 0) is 73.4 Å². The van der Waals surface area contributed by atoms with Crippen LogP contribution >= 0.6 is 0 Å². The molecule has 0 aromatic heterocycles. The van der Waals surface area contributed by atoms with Crippen LogP contribution in [0.4, 0.5) is 11.4 Å². The fraction of sp³-hybridized carbons (Fsp3) is 0.440. The highest BCUT2D eigenvalue weighted by Gasteiger charge is 2.21. The number of benzene rings is 2. The summed E-state index contributed by atoms with van der Waals surface area (Å²) in [4.78, 5) is 28.4. The largest absolute Gasteiger partial charge is 0.374 e. The smallest absolute Gasteiger partial charge is 0.255 e. The van der Waals surface area contributed by atoms with Gasteiger partial charge in [0.15, 0.2) is 0 Å². The molecule has 2 aromatic rings. The van der Waals surface area contributed by atoms with Crippen LogP contribution < -0.4 is 10.2 Å². The maximum atomic E-state index is 12.7. The number of carbonyl (C=O) groups is 2. The van der Waals surface area contributed by atoms with Gasteiger partial charge < -0.3 is 15.1 Å². The second kappa shape index (κ2) is 8.90. The van der Waals surface area contributed by atoms with Gasteiger partial charge in [-0.25, -0.2) is 0 Å². The lowest BCUT2D eigenvalue weighted by Gasteiger charge is -2.31. The van der Waals surface area contributed by atoms with Crippen LogP contribution in [0, 0.1) is 5.92 Å². The Balaban J connectivity index is 1.34. The summed E-state index contributed by atoms with van der Waals surface area (Å²) in [7, 11) is 2.10. The standard InChI is InChI=1S/C25H31N3O2/c1-18(29)28-14-11-20(12-15-28)16-19-5-7-22(8-6-19)25(30)26-23-10-9-21-4-3-13-27(2)24(21)17-23/h5-10,17,20H,3-4,11-16H2,1-2H3,(H,26,30). The fourth-order valence-corrected chi connectivity index (χ4v) is 4.62. The van der Waals surface area contributed by atoms with Crippen molar-refractivity contribution >= 4 is 23.2 Å². The first-order valence-electron chi connectivity index (χ1n) is 11.0. The zero-order chi connectivity index (χ0) is 21.1. The molecule has 2 aromatic carbocycles. The Morgan fingerprint density at radius 3 is 2.47 bits per heavy atom. The van der Waals surface area contributed by atoms with Crippen LogP contribution in [-0.4, -0.2) is 43.4 Å². The van der Waals surface area contributed by atoms with E-state index in [-0.39, 0.29) is 11.8 Å². The van der Waals surface area contributed by atoms with E-state index in [1.165, 1.54) is 23.2 Å². The molecule has 158 valence electrons. The van der Waals surface area contributed by atoms with Gasteiger partial charge in [-0.3, -0.25) is 9.59 Å². The summed E-state index contributed by atoms with van der Waals surface area (Å²) >= 11 is 0. The van der Waals surface area contributed by atoms with Crippen molar-refractivity contribution in [3.63, 3.8) is 0 Å². The number of piperidine rings is 1. The number of nitrogens with one attached hydrogen (secondary N) is 1. The predicted molar refractivity (Wildman–Crippen MR) is 121 cm³/mol. The first kappa shape index (κ1) is 20.5. The summed E-state index contributed by atoms with van der Waals surface area (Å²) in [6.07, 6.45) is 5.38. The number of nitrogens with zero attached hydrogens (tertiary/aromatic N) is 2. The molecule has 5 heteroatoms. The fourth-order valence-electron chi connectivity index (χ4n) is 4.62. The molecule has 1 saturated heterocycles. The second-order valence-corrected chi connectivity index (χ2v) is 8.67. The molecule has 2 heterocycles. The molecule has 4 rings (SSSR count). The molecule has 1 fully saturated rings. The molecule has 0 atom stereocenters. The molecule has 0 saturated carbocycles. The average Bonchev–Trinajstić information content (AvgIpc) is 2.75. The molecule has 0 unspecified atom stereocenters. The van der Waals surface area contributed by atoms with Crippen molar-refractivity contribution in [2.45, 2.75) is 39.0 Å². The monoisotopic (exact) mass is 405 g/mol. The zero-order valence-corrected chi connectivity index (χ0v) is 18.0. The Morgan fingerprint density at radius 2 is 1.77 bits per heavy atom. The van der Waals surface area contributed by atoms with Gasteiger partial charge in [-0.2, -0.15) is 0 Å². The molecule has 2 amide bonds. The number of likely N-dealkylation sites (tertiary alicyclic amines) is 1. The minimum absolute atomic E-state index is 0.0743. The number of rotatable bonds is 4. The van der Waals surface area contributed by atoms with Gasteiger partial charge in [0.2, 0.25) is 5.91 Å². The number of carbonyl (C=O) groups excluding carboxylic acids is 2. The normalized spacial score (nSPS) is 16.9. The van der Waals surface area contributed by atoms with Crippen molar-refractivity contribution in [3.05, 3.63) is 59.2 Å². The van der Waals surface area contributed by atoms with E-state index in [4.69, 9.17) is 0 Å². The Kier molecular flexibility index (Phi) is 6.07. The van der Waals surface area contributed by atoms with Crippen molar-refractivity contribution in [1.29, 1.82) is 0 Å². The van der Waals surface area contributed by atoms with E-state index in [0.717, 1.165) is 51.0 Å². The highest BCUT2D eigenvalue weighted by Crippen LogP contribution is 2.29. The minimum atomic E-state index is -0.0743. The average molecular weight is 406 g/mol. The van der Waals surface area contributed by atoms with Crippen molar-refractivity contribution in [2.24, 2.45) is 5.92 Å². The predicted octanol–water partition coefficient (Wildman–Crippen LogP) is 4.12. The van der Waals surface area contributed by atoms with Crippen LogP contribution in [0.2, 0.25) is 0 Å². The number of aryl methyl sites for hydroxylation is 1. The molecule has 30 heavy (non-hydrogen) atoms. The minimum Gasteiger partial charge on any atom is -0.374 e. The highest BCUT2D eigenvalue weighted by atomic mass is 16.2. The van der Waals surface area contributed by atoms with Crippen molar-refractivity contribution < 1.29 is 9.59 Å². The summed E-state index contributed by atoms with van der Waals surface area (Å²) in [5, 5.41) is 3.04. The molecule has 0 radical (unpaired) electrons. The number of fused-ring (bicyclic) bond motifs is 1. The quantitative estimate of drug-likeness (QED) is 0.832. The van der Waals surface area contributed by atoms with Crippen molar-refractivity contribution in [2.75, 3.05) is 36.9 Å². The van der Waals surface area contributed by atoms with E-state index in [9.17, 15) is 9.59 Å². The third-order valence-electron chi connectivity index (χ3n) is 6.49. The van der Waals surface area contributed by atoms with Crippen LogP contribution in [0.15, 0.2) is 42.5 Å². The first-order chi connectivity index (χ1) is 14.5. The topological polar surface area (TPSA) is 52.7 Å². The molecule has 0 bridgehead atoms. The molecule has 5 nitrogen and oxygen atoms in total. The van der Waals surface area contributed by atoms with E-state index in [0.29, 0.717) is 11.5 Å². The SMILES string of the molecule is CC(=O)N1CCC(Cc2ccc(C(=O)Nc3ccc4c(c3)N(C)CCC4)cc2)CC1. The van der Waals surface area contributed by atoms with E-state index < -0.39 is 0 Å². The lowest BCUT2D eigenvalue weighted by atomic mass is 9.90. The first-order valence-corrected chi connectivity index (χ1v) is 11.0. The van der Waals surface area contributed by atoms with Gasteiger partial charge in [0.25, 0.3) is 5.91 Å². The third-order valence-corrected chi connectivity index (χ3v) is 6.49. The van der Waals surface area contributed by atoms with E-state index in [1.807, 2.05) is 23.1 Å². The Morgan fingerprint density at radius 1 is 1.03 bits per heavy atom. The number of amides is 2. The zero-order valence-electron chi connectivity index (χ0n) is 18.0. The van der Waals surface area contributed by atoms with E-state index in [2.05, 4.69) is 41.5 Å². The highest BCUT2D eigenvalue weighted by molar-refractivity contribution is 6.04. The van der Waals surface area contributed by atoms with Gasteiger partial charge in [0, 0.05) is 50.5 Å².